The van der Waals surface area contributed by atoms with Crippen molar-refractivity contribution in [3.63, 3.8) is 0 Å². The van der Waals surface area contributed by atoms with E-state index in [0.29, 0.717) is 0 Å². The summed E-state index contributed by atoms with van der Waals surface area (Å²) in [5.41, 5.74) is 0. The van der Waals surface area contributed by atoms with Crippen molar-refractivity contribution >= 4 is 45.4 Å². The van der Waals surface area contributed by atoms with Gasteiger partial charge < -0.3 is 8.68 Å². The Morgan fingerprint density at radius 1 is 0.522 bits per heavy atom. The second-order valence-corrected chi connectivity index (χ2v) is 30.1. The highest BCUT2D eigenvalue weighted by Crippen LogP contribution is 2.20. The summed E-state index contributed by atoms with van der Waals surface area (Å²) < 4.78 is 4.89. The van der Waals surface area contributed by atoms with Crippen LogP contribution in [0.15, 0.2) is 10.2 Å². The molecule has 0 radical (unpaired) electrons. The SMILES string of the molecule is C[Si](C)(C)N(/N=C\C/C=N/N([Si](C)(C)C)[Si](C)(C)C)[Si](C)(C)C. The molecule has 23 heavy (non-hydrogen) atoms. The number of rotatable bonds is 8. The molecule has 4 nitrogen and oxygen atoms in total. The fourth-order valence-electron chi connectivity index (χ4n) is 3.01. The first kappa shape index (κ1) is 22.8. The molecule has 0 rings (SSSR count). The molecule has 0 aromatic carbocycles. The minimum atomic E-state index is -1.41. The van der Waals surface area contributed by atoms with E-state index in [1.54, 1.807) is 0 Å². The van der Waals surface area contributed by atoms with Crippen molar-refractivity contribution in [2.75, 3.05) is 0 Å². The molecular weight excluding hydrogens is 349 g/mol. The lowest BCUT2D eigenvalue weighted by Gasteiger charge is -2.41. The number of hydrazone groups is 2. The van der Waals surface area contributed by atoms with Crippen LogP contribution in [0.25, 0.3) is 0 Å². The van der Waals surface area contributed by atoms with Crippen LogP contribution in [-0.2, 0) is 0 Å². The number of hydrogen-bond donors (Lipinski definition) is 0. The zero-order valence-electron chi connectivity index (χ0n) is 17.7. The Morgan fingerprint density at radius 3 is 0.913 bits per heavy atom. The smallest absolute Gasteiger partial charge is 0.158 e. The first-order chi connectivity index (χ1) is 9.97. The summed E-state index contributed by atoms with van der Waals surface area (Å²) in [6.07, 6.45) is 4.91. The summed E-state index contributed by atoms with van der Waals surface area (Å²) >= 11 is 0. The van der Waals surface area contributed by atoms with Gasteiger partial charge in [-0.1, -0.05) is 78.6 Å². The van der Waals surface area contributed by atoms with Crippen LogP contribution in [0.3, 0.4) is 0 Å². The van der Waals surface area contributed by atoms with Gasteiger partial charge in [0.25, 0.3) is 0 Å². The summed E-state index contributed by atoms with van der Waals surface area (Å²) in [5, 5.41) is 9.66. The van der Waals surface area contributed by atoms with E-state index in [1.165, 1.54) is 0 Å². The minimum absolute atomic E-state index is 0.816. The van der Waals surface area contributed by atoms with Gasteiger partial charge in [0.1, 0.15) is 0 Å². The molecule has 0 aliphatic rings. The van der Waals surface area contributed by atoms with Crippen LogP contribution >= 0.6 is 0 Å². The number of hydrogen-bond acceptors (Lipinski definition) is 4. The van der Waals surface area contributed by atoms with Gasteiger partial charge in [0.15, 0.2) is 32.9 Å². The maximum absolute atomic E-state index is 4.83. The van der Waals surface area contributed by atoms with E-state index in [9.17, 15) is 0 Å². The van der Waals surface area contributed by atoms with Gasteiger partial charge in [-0.3, -0.25) is 0 Å². The minimum Gasteiger partial charge on any atom is -0.350 e. The van der Waals surface area contributed by atoms with Crippen molar-refractivity contribution in [2.24, 2.45) is 10.2 Å². The van der Waals surface area contributed by atoms with Gasteiger partial charge in [0, 0.05) is 18.9 Å². The van der Waals surface area contributed by atoms with Crippen LogP contribution in [-0.4, -0.2) is 54.1 Å². The number of nitrogens with zero attached hydrogens (tertiary/aromatic N) is 4. The molecular formula is C15H40N4Si4. The summed E-state index contributed by atoms with van der Waals surface area (Å²) in [6.45, 7) is 28.4. The molecule has 0 aliphatic heterocycles. The van der Waals surface area contributed by atoms with Crippen molar-refractivity contribution in [1.82, 2.24) is 8.68 Å². The molecule has 0 N–H and O–H groups in total. The fourth-order valence-corrected chi connectivity index (χ4v) is 20.8. The normalized spacial score (nSPS) is 14.8. The first-order valence-corrected chi connectivity index (χ1v) is 22.4. The third kappa shape index (κ3) is 8.46. The van der Waals surface area contributed by atoms with Gasteiger partial charge in [-0.25, -0.2) is 10.2 Å². The lowest BCUT2D eigenvalue weighted by Crippen LogP contribution is -2.56. The van der Waals surface area contributed by atoms with E-state index >= 15 is 0 Å². The Morgan fingerprint density at radius 2 is 0.739 bits per heavy atom. The second kappa shape index (κ2) is 7.79. The standard InChI is InChI=1S/C15H40N4Si4/c1-20(2,3)18(21(4,5)6)16-14-13-15-17-19(22(7,8)9)23(10,11)12/h14-15H,13H2,1-12H3/b16-14-,17-15+. The molecule has 0 saturated heterocycles. The van der Waals surface area contributed by atoms with E-state index in [1.807, 2.05) is 12.4 Å². The van der Waals surface area contributed by atoms with E-state index in [0.717, 1.165) is 6.42 Å². The van der Waals surface area contributed by atoms with Gasteiger partial charge in [-0.15, -0.1) is 0 Å². The van der Waals surface area contributed by atoms with Crippen molar-refractivity contribution in [3.05, 3.63) is 0 Å². The van der Waals surface area contributed by atoms with Gasteiger partial charge in [-0.05, 0) is 0 Å². The lowest BCUT2D eigenvalue weighted by molar-refractivity contribution is 0.666. The summed E-state index contributed by atoms with van der Waals surface area (Å²) in [5.74, 6) is 0. The van der Waals surface area contributed by atoms with E-state index in [2.05, 4.69) is 87.2 Å². The van der Waals surface area contributed by atoms with E-state index in [-0.39, 0.29) is 0 Å². The largest absolute Gasteiger partial charge is 0.350 e. The van der Waals surface area contributed by atoms with E-state index in [4.69, 9.17) is 10.2 Å². The molecule has 0 amide bonds. The Labute approximate surface area is 149 Å². The Hall–Kier alpha value is -0.192. The lowest BCUT2D eigenvalue weighted by atomic mass is 10.5. The molecule has 0 spiro atoms. The van der Waals surface area contributed by atoms with Gasteiger partial charge in [-0.2, -0.15) is 0 Å². The van der Waals surface area contributed by atoms with Gasteiger partial charge >= 0.3 is 0 Å². The highest BCUT2D eigenvalue weighted by molar-refractivity contribution is 6.90. The molecule has 136 valence electrons. The van der Waals surface area contributed by atoms with Crippen LogP contribution in [0, 0.1) is 0 Å². The van der Waals surface area contributed by atoms with Crippen molar-refractivity contribution in [1.29, 1.82) is 0 Å². The highest BCUT2D eigenvalue weighted by Gasteiger charge is 2.34. The molecule has 0 aromatic heterocycles. The Balaban J connectivity index is 4.98. The van der Waals surface area contributed by atoms with Crippen molar-refractivity contribution in [3.8, 4) is 0 Å². The summed E-state index contributed by atoms with van der Waals surface area (Å²) in [6, 6.07) is 0. The fraction of sp³-hybridized carbons (Fsp3) is 0.867. The molecule has 0 saturated carbocycles. The van der Waals surface area contributed by atoms with Crippen LogP contribution in [0.1, 0.15) is 6.42 Å². The Bertz CT molecular complexity index is 355. The summed E-state index contributed by atoms with van der Waals surface area (Å²) in [7, 11) is -5.63. The second-order valence-electron chi connectivity index (χ2n) is 10.1. The molecule has 0 atom stereocenters. The molecule has 0 unspecified atom stereocenters. The van der Waals surface area contributed by atoms with Gasteiger partial charge in [0.05, 0.1) is 0 Å². The summed E-state index contributed by atoms with van der Waals surface area (Å²) in [4.78, 5) is 0. The molecule has 0 aliphatic carbocycles. The quantitative estimate of drug-likeness (QED) is 0.321. The molecule has 0 heterocycles. The van der Waals surface area contributed by atoms with Crippen LogP contribution < -0.4 is 0 Å². The highest BCUT2D eigenvalue weighted by atomic mass is 28.4. The predicted octanol–water partition coefficient (Wildman–Crippen LogP) is 5.29. The average Bonchev–Trinajstić information content (AvgIpc) is 2.19. The zero-order valence-corrected chi connectivity index (χ0v) is 21.7. The van der Waals surface area contributed by atoms with Gasteiger partial charge in [0.2, 0.25) is 0 Å². The van der Waals surface area contributed by atoms with Crippen LogP contribution in [0.2, 0.25) is 78.6 Å². The maximum atomic E-state index is 4.83. The average molecular weight is 389 g/mol. The topological polar surface area (TPSA) is 31.2 Å². The molecule has 0 aromatic rings. The Kier molecular flexibility index (Phi) is 7.73. The molecule has 0 fully saturated rings. The molecule has 0 bridgehead atoms. The predicted molar refractivity (Wildman–Crippen MR) is 119 cm³/mol. The van der Waals surface area contributed by atoms with Crippen LogP contribution in [0.5, 0.6) is 0 Å². The third-order valence-corrected chi connectivity index (χ3v) is 16.7. The van der Waals surface area contributed by atoms with Crippen molar-refractivity contribution in [2.45, 2.75) is 85.0 Å². The zero-order chi connectivity index (χ0) is 18.7. The first-order valence-electron chi connectivity index (χ1n) is 8.63. The van der Waals surface area contributed by atoms with Crippen LogP contribution in [0.4, 0.5) is 0 Å². The third-order valence-electron chi connectivity index (χ3n) is 3.15. The van der Waals surface area contributed by atoms with E-state index < -0.39 is 32.9 Å². The maximum Gasteiger partial charge on any atom is 0.158 e. The van der Waals surface area contributed by atoms with Crippen molar-refractivity contribution < 1.29 is 0 Å². The molecule has 8 heteroatoms. The monoisotopic (exact) mass is 388 g/mol.